The average Bonchev–Trinajstić information content (AvgIpc) is 3.01. The Balaban J connectivity index is 1.61. The van der Waals surface area contributed by atoms with Crippen LogP contribution in [-0.2, 0) is 11.2 Å². The van der Waals surface area contributed by atoms with Gasteiger partial charge in [0.05, 0.1) is 17.8 Å². The van der Waals surface area contributed by atoms with Gasteiger partial charge in [0.1, 0.15) is 5.84 Å². The van der Waals surface area contributed by atoms with E-state index in [1.165, 1.54) is 31.2 Å². The van der Waals surface area contributed by atoms with E-state index in [0.717, 1.165) is 17.8 Å². The first kappa shape index (κ1) is 17.2. The summed E-state index contributed by atoms with van der Waals surface area (Å²) in [6.45, 7) is 2.23. The van der Waals surface area contributed by atoms with Crippen molar-refractivity contribution in [3.63, 3.8) is 0 Å². The Morgan fingerprint density at radius 2 is 1.76 bits per heavy atom. The number of amides is 1. The number of nitrogens with zero attached hydrogens (tertiary/aromatic N) is 2. The zero-order chi connectivity index (χ0) is 17.5. The van der Waals surface area contributed by atoms with Crippen LogP contribution in [-0.4, -0.2) is 11.7 Å². The van der Waals surface area contributed by atoms with Gasteiger partial charge in [-0.1, -0.05) is 56.5 Å². The van der Waals surface area contributed by atoms with Gasteiger partial charge in [-0.3, -0.25) is 10.2 Å². The highest BCUT2D eigenvalue weighted by molar-refractivity contribution is 6.14. The highest BCUT2D eigenvalue weighted by Crippen LogP contribution is 2.20. The van der Waals surface area contributed by atoms with Crippen molar-refractivity contribution in [2.24, 2.45) is 4.99 Å². The van der Waals surface area contributed by atoms with Crippen molar-refractivity contribution >= 4 is 23.1 Å². The van der Waals surface area contributed by atoms with Gasteiger partial charge in [-0.2, -0.15) is 0 Å². The number of hydrazine groups is 1. The summed E-state index contributed by atoms with van der Waals surface area (Å²) in [5, 5.41) is 1.56. The topological polar surface area (TPSA) is 44.7 Å². The Hall–Kier alpha value is -2.62. The number of amidine groups is 1. The Labute approximate surface area is 149 Å². The molecule has 1 fully saturated rings. The van der Waals surface area contributed by atoms with Gasteiger partial charge in [-0.25, -0.2) is 10.0 Å². The molecule has 0 saturated carbocycles. The van der Waals surface area contributed by atoms with Gasteiger partial charge >= 0.3 is 0 Å². The van der Waals surface area contributed by atoms with Crippen LogP contribution in [0.3, 0.4) is 0 Å². The molecule has 3 rings (SSSR count). The average molecular weight is 335 g/mol. The molecular formula is C21H25N3O. The lowest BCUT2D eigenvalue weighted by atomic mass is 10.1. The Kier molecular flexibility index (Phi) is 5.83. The number of hydrogen-bond donors (Lipinski definition) is 1. The zero-order valence-electron chi connectivity index (χ0n) is 14.7. The Bertz CT molecular complexity index is 723. The third-order valence-electron chi connectivity index (χ3n) is 4.34. The van der Waals surface area contributed by atoms with Gasteiger partial charge in [-0.15, -0.1) is 0 Å². The van der Waals surface area contributed by atoms with E-state index in [1.807, 2.05) is 42.5 Å². The molecule has 0 bridgehead atoms. The molecule has 2 aromatic rings. The Morgan fingerprint density at radius 3 is 2.48 bits per heavy atom. The van der Waals surface area contributed by atoms with Crippen LogP contribution >= 0.6 is 0 Å². The van der Waals surface area contributed by atoms with Crippen LogP contribution in [0.4, 0.5) is 11.4 Å². The van der Waals surface area contributed by atoms with Crippen LogP contribution < -0.4 is 10.4 Å². The van der Waals surface area contributed by atoms with Crippen molar-refractivity contribution in [1.29, 1.82) is 0 Å². The molecule has 130 valence electrons. The van der Waals surface area contributed by atoms with E-state index in [-0.39, 0.29) is 5.91 Å². The summed E-state index contributed by atoms with van der Waals surface area (Å²) < 4.78 is 0. The quantitative estimate of drug-likeness (QED) is 0.740. The predicted molar refractivity (Wildman–Crippen MR) is 103 cm³/mol. The van der Waals surface area contributed by atoms with Gasteiger partial charge < -0.3 is 0 Å². The largest absolute Gasteiger partial charge is 0.278 e. The molecule has 1 aliphatic heterocycles. The van der Waals surface area contributed by atoms with Gasteiger partial charge in [0.2, 0.25) is 0 Å². The van der Waals surface area contributed by atoms with E-state index in [0.29, 0.717) is 12.3 Å². The monoisotopic (exact) mass is 335 g/mol. The number of carbonyl (C=O) groups excluding carboxylic acids is 1. The maximum absolute atomic E-state index is 12.2. The first-order valence-corrected chi connectivity index (χ1v) is 9.07. The second-order valence-electron chi connectivity index (χ2n) is 6.39. The fraction of sp³-hybridized carbons (Fsp3) is 0.333. The first-order valence-electron chi connectivity index (χ1n) is 9.07. The lowest BCUT2D eigenvalue weighted by Crippen LogP contribution is -2.35. The third-order valence-corrected chi connectivity index (χ3v) is 4.34. The van der Waals surface area contributed by atoms with Gasteiger partial charge in [0.25, 0.3) is 5.91 Å². The lowest BCUT2D eigenvalue weighted by molar-refractivity contribution is -0.116. The van der Waals surface area contributed by atoms with Gasteiger partial charge in [0.15, 0.2) is 0 Å². The number of anilines is 1. The molecule has 0 spiro atoms. The number of rotatable bonds is 7. The highest BCUT2D eigenvalue weighted by atomic mass is 16.2. The van der Waals surface area contributed by atoms with Crippen LogP contribution in [0.25, 0.3) is 0 Å². The molecule has 25 heavy (non-hydrogen) atoms. The first-order chi connectivity index (χ1) is 12.3. The normalized spacial score (nSPS) is 15.6. The summed E-state index contributed by atoms with van der Waals surface area (Å²) in [6.07, 6.45) is 6.53. The summed E-state index contributed by atoms with van der Waals surface area (Å²) in [5.41, 5.74) is 6.16. The van der Waals surface area contributed by atoms with Crippen LogP contribution in [0, 0.1) is 0 Å². The highest BCUT2D eigenvalue weighted by Gasteiger charge is 2.26. The third kappa shape index (κ3) is 4.69. The summed E-state index contributed by atoms with van der Waals surface area (Å²) >= 11 is 0. The minimum atomic E-state index is 0.0116. The smallest absolute Gasteiger partial charge is 0.253 e. The fourth-order valence-corrected chi connectivity index (χ4v) is 2.95. The van der Waals surface area contributed by atoms with E-state index in [2.05, 4.69) is 29.5 Å². The van der Waals surface area contributed by atoms with Crippen LogP contribution in [0.5, 0.6) is 0 Å². The van der Waals surface area contributed by atoms with Crippen molar-refractivity contribution in [2.45, 2.75) is 45.4 Å². The van der Waals surface area contributed by atoms with Crippen molar-refractivity contribution in [2.75, 3.05) is 5.01 Å². The number of aliphatic imine (C=N–C) groups is 1. The maximum Gasteiger partial charge on any atom is 0.253 e. The van der Waals surface area contributed by atoms with E-state index >= 15 is 0 Å². The van der Waals surface area contributed by atoms with Crippen LogP contribution in [0.2, 0.25) is 0 Å². The number of benzene rings is 2. The number of aryl methyl sites for hydroxylation is 1. The number of nitrogens with one attached hydrogen (secondary N) is 1. The molecule has 4 nitrogen and oxygen atoms in total. The standard InChI is InChI=1S/C21H25N3O/c1-2-3-4-6-9-17-12-14-18(15-13-17)22-20-16-21(25)24(23-20)19-10-7-5-8-11-19/h5,7-8,10-15H,2-4,6,9,16H2,1H3,(H,22,23). The molecule has 1 heterocycles. The molecule has 1 amide bonds. The molecule has 1 aliphatic rings. The number of hydrogen-bond acceptors (Lipinski definition) is 2. The van der Waals surface area contributed by atoms with Crippen molar-refractivity contribution < 1.29 is 4.79 Å². The fourth-order valence-electron chi connectivity index (χ4n) is 2.95. The number of para-hydroxylation sites is 1. The minimum Gasteiger partial charge on any atom is -0.278 e. The zero-order valence-corrected chi connectivity index (χ0v) is 14.7. The number of unbranched alkanes of at least 4 members (excludes halogenated alkanes) is 3. The predicted octanol–water partition coefficient (Wildman–Crippen LogP) is 4.78. The lowest BCUT2D eigenvalue weighted by Gasteiger charge is -2.15. The molecule has 0 unspecified atom stereocenters. The van der Waals surface area contributed by atoms with E-state index in [1.54, 1.807) is 5.01 Å². The molecular weight excluding hydrogens is 310 g/mol. The van der Waals surface area contributed by atoms with Crippen molar-refractivity contribution in [3.8, 4) is 0 Å². The summed E-state index contributed by atoms with van der Waals surface area (Å²) in [5.74, 6) is 0.696. The molecule has 1 saturated heterocycles. The summed E-state index contributed by atoms with van der Waals surface area (Å²) in [6, 6.07) is 17.9. The second kappa shape index (κ2) is 8.47. The molecule has 0 radical (unpaired) electrons. The molecule has 0 aromatic heterocycles. The molecule has 2 aromatic carbocycles. The second-order valence-corrected chi connectivity index (χ2v) is 6.39. The van der Waals surface area contributed by atoms with Crippen molar-refractivity contribution in [1.82, 2.24) is 5.43 Å². The molecule has 1 N–H and O–H groups in total. The molecule has 0 aliphatic carbocycles. The molecule has 0 atom stereocenters. The van der Waals surface area contributed by atoms with Crippen molar-refractivity contribution in [3.05, 3.63) is 60.2 Å². The summed E-state index contributed by atoms with van der Waals surface area (Å²) in [7, 11) is 0. The van der Waals surface area contributed by atoms with E-state index in [9.17, 15) is 4.79 Å². The summed E-state index contributed by atoms with van der Waals surface area (Å²) in [4.78, 5) is 16.8. The SMILES string of the molecule is CCCCCCc1ccc(N=C2CC(=O)N(c3ccccc3)N2)cc1. The minimum absolute atomic E-state index is 0.0116. The van der Waals surface area contributed by atoms with Gasteiger partial charge in [0, 0.05) is 0 Å². The Morgan fingerprint density at radius 1 is 1.00 bits per heavy atom. The maximum atomic E-state index is 12.2. The number of carbonyl (C=O) groups is 1. The van der Waals surface area contributed by atoms with Crippen LogP contribution in [0.1, 0.15) is 44.6 Å². The van der Waals surface area contributed by atoms with Gasteiger partial charge in [-0.05, 0) is 42.7 Å². The van der Waals surface area contributed by atoms with E-state index < -0.39 is 0 Å². The molecule has 4 heteroatoms. The van der Waals surface area contributed by atoms with E-state index in [4.69, 9.17) is 0 Å². The van der Waals surface area contributed by atoms with Crippen LogP contribution in [0.15, 0.2) is 59.6 Å².